The molecule has 2 rings (SSSR count). The number of carbonyl (C=O) groups is 1. The maximum Gasteiger partial charge on any atom is 0.254 e. The van der Waals surface area contributed by atoms with Gasteiger partial charge < -0.3 is 10.6 Å². The fourth-order valence-corrected chi connectivity index (χ4v) is 2.48. The summed E-state index contributed by atoms with van der Waals surface area (Å²) in [5, 5.41) is 0.670. The van der Waals surface area contributed by atoms with Gasteiger partial charge in [-0.2, -0.15) is 0 Å². The van der Waals surface area contributed by atoms with Crippen molar-refractivity contribution >= 4 is 17.5 Å². The fourth-order valence-electron chi connectivity index (χ4n) is 2.19. The third kappa shape index (κ3) is 3.43. The number of carbonyl (C=O) groups excluding carboxylic acids is 1. The van der Waals surface area contributed by atoms with E-state index in [9.17, 15) is 4.79 Å². The van der Waals surface area contributed by atoms with Crippen LogP contribution in [-0.4, -0.2) is 17.9 Å². The van der Waals surface area contributed by atoms with Crippen LogP contribution in [0.5, 0.6) is 0 Å². The number of rotatable bonds is 4. The number of benzene rings is 2. The third-order valence-corrected chi connectivity index (χ3v) is 4.04. The molecular formula is C17H19ClN2O. The summed E-state index contributed by atoms with van der Waals surface area (Å²) in [7, 11) is 1.78. The monoisotopic (exact) mass is 302 g/mol. The second-order valence-corrected chi connectivity index (χ2v) is 5.42. The molecule has 0 aliphatic rings. The quantitative estimate of drug-likeness (QED) is 0.937. The molecule has 1 unspecified atom stereocenters. The lowest BCUT2D eigenvalue weighted by Crippen LogP contribution is -2.29. The molecule has 3 nitrogen and oxygen atoms in total. The van der Waals surface area contributed by atoms with Crippen molar-refractivity contribution in [3.8, 4) is 0 Å². The van der Waals surface area contributed by atoms with Crippen molar-refractivity contribution in [2.24, 2.45) is 5.73 Å². The van der Waals surface area contributed by atoms with Crippen LogP contribution < -0.4 is 5.73 Å². The standard InChI is InChI=1S/C17H19ClN2O/c1-12(15-5-3-4-6-16(15)18)20(2)17(21)14-9-7-13(11-19)8-10-14/h3-10,12H,11,19H2,1-2H3. The molecule has 110 valence electrons. The summed E-state index contributed by atoms with van der Waals surface area (Å²) < 4.78 is 0. The highest BCUT2D eigenvalue weighted by molar-refractivity contribution is 6.31. The van der Waals surface area contributed by atoms with Crippen LogP contribution in [0.4, 0.5) is 0 Å². The molecule has 2 aromatic carbocycles. The molecule has 0 fully saturated rings. The van der Waals surface area contributed by atoms with Gasteiger partial charge in [0.15, 0.2) is 0 Å². The highest BCUT2D eigenvalue weighted by Crippen LogP contribution is 2.27. The summed E-state index contributed by atoms with van der Waals surface area (Å²) >= 11 is 6.20. The van der Waals surface area contributed by atoms with Gasteiger partial charge in [-0.1, -0.05) is 41.9 Å². The second-order valence-electron chi connectivity index (χ2n) is 5.01. The van der Waals surface area contributed by atoms with Crippen LogP contribution in [0.15, 0.2) is 48.5 Å². The average Bonchev–Trinajstić information content (AvgIpc) is 2.53. The molecule has 0 saturated heterocycles. The highest BCUT2D eigenvalue weighted by atomic mass is 35.5. The summed E-state index contributed by atoms with van der Waals surface area (Å²) in [5.74, 6) is -0.0361. The predicted molar refractivity (Wildman–Crippen MR) is 86.3 cm³/mol. The van der Waals surface area contributed by atoms with E-state index in [1.54, 1.807) is 24.1 Å². The Balaban J connectivity index is 2.20. The van der Waals surface area contributed by atoms with Gasteiger partial charge >= 0.3 is 0 Å². The van der Waals surface area contributed by atoms with Crippen molar-refractivity contribution < 1.29 is 4.79 Å². The van der Waals surface area contributed by atoms with Crippen LogP contribution >= 0.6 is 11.6 Å². The van der Waals surface area contributed by atoms with Gasteiger partial charge in [-0.05, 0) is 36.2 Å². The molecule has 0 radical (unpaired) electrons. The molecule has 0 aliphatic carbocycles. The van der Waals surface area contributed by atoms with Crippen molar-refractivity contribution in [3.05, 3.63) is 70.2 Å². The fraction of sp³-hybridized carbons (Fsp3) is 0.235. The summed E-state index contributed by atoms with van der Waals surface area (Å²) in [6.07, 6.45) is 0. The Kier molecular flexibility index (Phi) is 4.99. The second kappa shape index (κ2) is 6.74. The summed E-state index contributed by atoms with van der Waals surface area (Å²) in [4.78, 5) is 14.2. The molecule has 0 spiro atoms. The minimum Gasteiger partial charge on any atom is -0.335 e. The highest BCUT2D eigenvalue weighted by Gasteiger charge is 2.20. The van der Waals surface area contributed by atoms with Gasteiger partial charge in [-0.3, -0.25) is 4.79 Å². The zero-order valence-electron chi connectivity index (χ0n) is 12.2. The SMILES string of the molecule is CC(c1ccccc1Cl)N(C)C(=O)c1ccc(CN)cc1. The maximum atomic E-state index is 12.5. The van der Waals surface area contributed by atoms with E-state index in [4.69, 9.17) is 17.3 Å². The van der Waals surface area contributed by atoms with Crippen molar-refractivity contribution in [1.29, 1.82) is 0 Å². The van der Waals surface area contributed by atoms with E-state index in [0.717, 1.165) is 11.1 Å². The van der Waals surface area contributed by atoms with Crippen molar-refractivity contribution in [2.75, 3.05) is 7.05 Å². The molecule has 0 aliphatic heterocycles. The van der Waals surface area contributed by atoms with Crippen LogP contribution in [0.2, 0.25) is 5.02 Å². The third-order valence-electron chi connectivity index (χ3n) is 3.69. The van der Waals surface area contributed by atoms with Crippen LogP contribution in [0, 0.1) is 0 Å². The molecule has 2 N–H and O–H groups in total. The molecule has 21 heavy (non-hydrogen) atoms. The zero-order chi connectivity index (χ0) is 15.4. The Morgan fingerprint density at radius 3 is 2.38 bits per heavy atom. The van der Waals surface area contributed by atoms with Crippen LogP contribution in [0.25, 0.3) is 0 Å². The number of hydrogen-bond acceptors (Lipinski definition) is 2. The molecule has 4 heteroatoms. The first-order valence-corrected chi connectivity index (χ1v) is 7.23. The van der Waals surface area contributed by atoms with Gasteiger partial charge in [-0.15, -0.1) is 0 Å². The first-order valence-electron chi connectivity index (χ1n) is 6.85. The molecule has 0 saturated carbocycles. The van der Waals surface area contributed by atoms with Crippen molar-refractivity contribution in [3.63, 3.8) is 0 Å². The maximum absolute atomic E-state index is 12.5. The topological polar surface area (TPSA) is 46.3 Å². The van der Waals surface area contributed by atoms with Gasteiger partial charge in [-0.25, -0.2) is 0 Å². The number of hydrogen-bond donors (Lipinski definition) is 1. The van der Waals surface area contributed by atoms with Gasteiger partial charge in [0, 0.05) is 24.2 Å². The first kappa shape index (κ1) is 15.5. The molecule has 0 bridgehead atoms. The Morgan fingerprint density at radius 2 is 1.81 bits per heavy atom. The Labute approximate surface area is 130 Å². The predicted octanol–water partition coefficient (Wildman–Crippen LogP) is 3.63. The largest absolute Gasteiger partial charge is 0.335 e. The van der Waals surface area contributed by atoms with E-state index in [-0.39, 0.29) is 11.9 Å². The summed E-state index contributed by atoms with van der Waals surface area (Å²) in [6, 6.07) is 14.8. The van der Waals surface area contributed by atoms with E-state index in [2.05, 4.69) is 0 Å². The van der Waals surface area contributed by atoms with Crippen LogP contribution in [0.3, 0.4) is 0 Å². The van der Waals surface area contributed by atoms with E-state index < -0.39 is 0 Å². The van der Waals surface area contributed by atoms with Crippen molar-refractivity contribution in [2.45, 2.75) is 19.5 Å². The number of amides is 1. The Bertz CT molecular complexity index is 625. The van der Waals surface area contributed by atoms with E-state index >= 15 is 0 Å². The molecule has 1 atom stereocenters. The Morgan fingerprint density at radius 1 is 1.19 bits per heavy atom. The van der Waals surface area contributed by atoms with Gasteiger partial charge in [0.1, 0.15) is 0 Å². The number of nitrogens with two attached hydrogens (primary N) is 1. The minimum absolute atomic E-state index is 0.0361. The lowest BCUT2D eigenvalue weighted by atomic mass is 10.1. The molecular weight excluding hydrogens is 284 g/mol. The van der Waals surface area contributed by atoms with Gasteiger partial charge in [0.05, 0.1) is 6.04 Å². The smallest absolute Gasteiger partial charge is 0.254 e. The average molecular weight is 303 g/mol. The minimum atomic E-state index is -0.0969. The van der Waals surface area contributed by atoms with E-state index in [1.807, 2.05) is 43.3 Å². The Hall–Kier alpha value is -1.84. The lowest BCUT2D eigenvalue weighted by molar-refractivity contribution is 0.0742. The zero-order valence-corrected chi connectivity index (χ0v) is 13.0. The van der Waals surface area contributed by atoms with Gasteiger partial charge in [0.25, 0.3) is 5.91 Å². The molecule has 1 amide bonds. The summed E-state index contributed by atoms with van der Waals surface area (Å²) in [6.45, 7) is 2.44. The van der Waals surface area contributed by atoms with Gasteiger partial charge in [0.2, 0.25) is 0 Å². The number of halogens is 1. The first-order chi connectivity index (χ1) is 10.0. The van der Waals surface area contributed by atoms with Crippen LogP contribution in [0.1, 0.15) is 34.5 Å². The molecule has 0 aromatic heterocycles. The molecule has 0 heterocycles. The van der Waals surface area contributed by atoms with Crippen LogP contribution in [-0.2, 0) is 6.54 Å². The normalized spacial score (nSPS) is 12.0. The van der Waals surface area contributed by atoms with E-state index in [0.29, 0.717) is 17.1 Å². The summed E-state index contributed by atoms with van der Waals surface area (Å²) in [5.41, 5.74) is 8.16. The number of nitrogens with zero attached hydrogens (tertiary/aromatic N) is 1. The van der Waals surface area contributed by atoms with Crippen molar-refractivity contribution in [1.82, 2.24) is 4.90 Å². The molecule has 2 aromatic rings. The lowest BCUT2D eigenvalue weighted by Gasteiger charge is -2.26. The van der Waals surface area contributed by atoms with E-state index in [1.165, 1.54) is 0 Å².